The number of sulfonamides is 1. The summed E-state index contributed by atoms with van der Waals surface area (Å²) in [5.41, 5.74) is 1.71. The summed E-state index contributed by atoms with van der Waals surface area (Å²) in [6.07, 6.45) is 1.07. The van der Waals surface area contributed by atoms with Crippen molar-refractivity contribution in [3.63, 3.8) is 0 Å². The molecule has 3 aromatic carbocycles. The first-order chi connectivity index (χ1) is 12.7. The summed E-state index contributed by atoms with van der Waals surface area (Å²) in [6, 6.07) is 18.2. The van der Waals surface area contributed by atoms with Gasteiger partial charge in [-0.2, -0.15) is 0 Å². The molecule has 27 heavy (non-hydrogen) atoms. The smallest absolute Gasteiger partial charge is 0.245 e. The van der Waals surface area contributed by atoms with E-state index in [0.717, 1.165) is 21.3 Å². The van der Waals surface area contributed by atoms with E-state index in [1.54, 1.807) is 31.2 Å². The zero-order valence-corrected chi connectivity index (χ0v) is 16.5. The Kier molecular flexibility index (Phi) is 5.39. The van der Waals surface area contributed by atoms with Gasteiger partial charge < -0.3 is 5.32 Å². The molecule has 7 heteroatoms. The van der Waals surface area contributed by atoms with Gasteiger partial charge in [0.15, 0.2) is 0 Å². The minimum absolute atomic E-state index is 0.325. The Morgan fingerprint density at radius 3 is 2.41 bits per heavy atom. The van der Waals surface area contributed by atoms with E-state index in [1.165, 1.54) is 0 Å². The van der Waals surface area contributed by atoms with Crippen molar-refractivity contribution in [2.75, 3.05) is 22.4 Å². The predicted octanol–water partition coefficient (Wildman–Crippen LogP) is 4.21. The third-order valence-corrected chi connectivity index (χ3v) is 5.51. The van der Waals surface area contributed by atoms with Gasteiger partial charge in [0.2, 0.25) is 15.9 Å². The van der Waals surface area contributed by atoms with Gasteiger partial charge in [-0.1, -0.05) is 41.9 Å². The van der Waals surface area contributed by atoms with Gasteiger partial charge in [-0.05, 0) is 53.6 Å². The Morgan fingerprint density at radius 2 is 1.74 bits per heavy atom. The molecule has 1 amide bonds. The first-order valence-corrected chi connectivity index (χ1v) is 10.5. The molecule has 0 saturated heterocycles. The van der Waals surface area contributed by atoms with Gasteiger partial charge in [-0.25, -0.2) is 8.42 Å². The second kappa shape index (κ2) is 7.58. The molecule has 3 aromatic rings. The number of hydrogen-bond acceptors (Lipinski definition) is 3. The third-order valence-electron chi connectivity index (χ3n) is 4.15. The largest absolute Gasteiger partial charge is 0.324 e. The fraction of sp³-hybridized carbons (Fsp3) is 0.150. The lowest BCUT2D eigenvalue weighted by atomic mass is 10.1. The Labute approximate surface area is 163 Å². The normalized spacial score (nSPS) is 11.4. The number of carbonyl (C=O) groups excluding carboxylic acids is 1. The average molecular weight is 403 g/mol. The highest BCUT2D eigenvalue weighted by molar-refractivity contribution is 7.92. The molecule has 0 aromatic heterocycles. The van der Waals surface area contributed by atoms with Gasteiger partial charge in [0, 0.05) is 10.7 Å². The van der Waals surface area contributed by atoms with Crippen molar-refractivity contribution in [3.05, 3.63) is 71.2 Å². The van der Waals surface area contributed by atoms with E-state index in [1.807, 2.05) is 36.4 Å². The second-order valence-electron chi connectivity index (χ2n) is 6.31. The van der Waals surface area contributed by atoms with Crippen LogP contribution in [0.4, 0.5) is 11.4 Å². The van der Waals surface area contributed by atoms with Crippen molar-refractivity contribution in [2.24, 2.45) is 0 Å². The summed E-state index contributed by atoms with van der Waals surface area (Å²) in [5.74, 6) is -0.426. The number of amides is 1. The first kappa shape index (κ1) is 19.2. The first-order valence-electron chi connectivity index (χ1n) is 8.26. The molecule has 0 bridgehead atoms. The van der Waals surface area contributed by atoms with E-state index in [2.05, 4.69) is 5.32 Å². The maximum atomic E-state index is 12.5. The molecule has 0 aliphatic rings. The summed E-state index contributed by atoms with van der Waals surface area (Å²) in [5, 5.41) is 5.32. The lowest BCUT2D eigenvalue weighted by Gasteiger charge is -2.23. The molecule has 0 spiro atoms. The van der Waals surface area contributed by atoms with Crippen LogP contribution in [0.15, 0.2) is 60.7 Å². The monoisotopic (exact) mass is 402 g/mol. The van der Waals surface area contributed by atoms with Crippen LogP contribution in [0.5, 0.6) is 0 Å². The van der Waals surface area contributed by atoms with Crippen LogP contribution >= 0.6 is 11.6 Å². The summed E-state index contributed by atoms with van der Waals surface area (Å²) in [6.45, 7) is 1.43. The van der Waals surface area contributed by atoms with Crippen LogP contribution in [-0.4, -0.2) is 27.1 Å². The van der Waals surface area contributed by atoms with E-state index in [4.69, 9.17) is 11.6 Å². The fourth-order valence-electron chi connectivity index (χ4n) is 2.88. The molecule has 0 fully saturated rings. The number of fused-ring (bicyclic) bond motifs is 1. The van der Waals surface area contributed by atoms with Crippen LogP contribution in [0.1, 0.15) is 5.56 Å². The molecule has 0 aliphatic heterocycles. The minimum Gasteiger partial charge on any atom is -0.324 e. The number of hydrogen-bond donors (Lipinski definition) is 1. The highest BCUT2D eigenvalue weighted by Gasteiger charge is 2.22. The molecule has 0 atom stereocenters. The van der Waals surface area contributed by atoms with Crippen molar-refractivity contribution in [1.29, 1.82) is 0 Å². The topological polar surface area (TPSA) is 66.5 Å². The van der Waals surface area contributed by atoms with Crippen LogP contribution in [0.3, 0.4) is 0 Å². The Morgan fingerprint density at radius 1 is 1.04 bits per heavy atom. The van der Waals surface area contributed by atoms with Gasteiger partial charge in [0.1, 0.15) is 6.54 Å². The molecular weight excluding hydrogens is 384 g/mol. The van der Waals surface area contributed by atoms with Crippen molar-refractivity contribution >= 4 is 49.7 Å². The van der Waals surface area contributed by atoms with Crippen molar-refractivity contribution in [2.45, 2.75) is 6.92 Å². The minimum atomic E-state index is -3.65. The molecular formula is C20H19ClN2O3S. The SMILES string of the molecule is Cc1cc(Cl)ccc1N(CC(=O)Nc1ccc2ccccc2c1)S(C)(=O)=O. The van der Waals surface area contributed by atoms with Crippen LogP contribution < -0.4 is 9.62 Å². The van der Waals surface area contributed by atoms with Crippen LogP contribution in [-0.2, 0) is 14.8 Å². The molecule has 5 nitrogen and oxygen atoms in total. The lowest BCUT2D eigenvalue weighted by molar-refractivity contribution is -0.114. The number of nitrogens with zero attached hydrogens (tertiary/aromatic N) is 1. The zero-order chi connectivity index (χ0) is 19.6. The summed E-state index contributed by atoms with van der Waals surface area (Å²) in [4.78, 5) is 12.5. The maximum absolute atomic E-state index is 12.5. The number of carbonyl (C=O) groups is 1. The maximum Gasteiger partial charge on any atom is 0.245 e. The Bertz CT molecular complexity index is 1110. The molecule has 0 saturated carbocycles. The van der Waals surface area contributed by atoms with E-state index in [9.17, 15) is 13.2 Å². The highest BCUT2D eigenvalue weighted by Crippen LogP contribution is 2.26. The lowest BCUT2D eigenvalue weighted by Crippen LogP contribution is -2.37. The van der Waals surface area contributed by atoms with Gasteiger partial charge in [-0.15, -0.1) is 0 Å². The van der Waals surface area contributed by atoms with E-state index in [0.29, 0.717) is 22.0 Å². The predicted molar refractivity (Wildman–Crippen MR) is 111 cm³/mol. The molecule has 0 heterocycles. The van der Waals surface area contributed by atoms with Gasteiger partial charge in [0.25, 0.3) is 0 Å². The van der Waals surface area contributed by atoms with E-state index < -0.39 is 15.9 Å². The van der Waals surface area contributed by atoms with Crippen molar-refractivity contribution in [1.82, 2.24) is 0 Å². The number of anilines is 2. The average Bonchev–Trinajstić information content (AvgIpc) is 2.59. The second-order valence-corrected chi connectivity index (χ2v) is 8.65. The van der Waals surface area contributed by atoms with Crippen LogP contribution in [0.25, 0.3) is 10.8 Å². The quantitative estimate of drug-likeness (QED) is 0.695. The standard InChI is InChI=1S/C20H19ClN2O3S/c1-14-11-17(21)8-10-19(14)23(27(2,25)26)13-20(24)22-18-9-7-15-5-3-4-6-16(15)12-18/h3-12H,13H2,1-2H3,(H,22,24). The van der Waals surface area contributed by atoms with Crippen molar-refractivity contribution < 1.29 is 13.2 Å². The van der Waals surface area contributed by atoms with Crippen molar-refractivity contribution in [3.8, 4) is 0 Å². The molecule has 1 N–H and O–H groups in total. The molecule has 3 rings (SSSR count). The Hall–Kier alpha value is -2.57. The summed E-state index contributed by atoms with van der Waals surface area (Å²) >= 11 is 5.95. The van der Waals surface area contributed by atoms with Crippen LogP contribution in [0.2, 0.25) is 5.02 Å². The number of halogens is 1. The van der Waals surface area contributed by atoms with Crippen LogP contribution in [0, 0.1) is 6.92 Å². The molecule has 0 radical (unpaired) electrons. The number of benzene rings is 3. The van der Waals surface area contributed by atoms with Gasteiger partial charge in [0.05, 0.1) is 11.9 Å². The number of aryl methyl sites for hydroxylation is 1. The van der Waals surface area contributed by atoms with E-state index >= 15 is 0 Å². The third kappa shape index (κ3) is 4.59. The number of nitrogens with one attached hydrogen (secondary N) is 1. The Balaban J connectivity index is 1.84. The molecule has 140 valence electrons. The molecule has 0 unspecified atom stereocenters. The molecule has 0 aliphatic carbocycles. The fourth-order valence-corrected chi connectivity index (χ4v) is 4.02. The van der Waals surface area contributed by atoms with Gasteiger partial charge >= 0.3 is 0 Å². The van der Waals surface area contributed by atoms with Gasteiger partial charge in [-0.3, -0.25) is 9.10 Å². The van der Waals surface area contributed by atoms with E-state index in [-0.39, 0.29) is 6.54 Å². The summed E-state index contributed by atoms with van der Waals surface area (Å²) < 4.78 is 25.6. The zero-order valence-electron chi connectivity index (χ0n) is 14.9. The summed E-state index contributed by atoms with van der Waals surface area (Å²) in [7, 11) is -3.65. The number of rotatable bonds is 5. The highest BCUT2D eigenvalue weighted by atomic mass is 35.5.